The number of hydrogen-bond donors (Lipinski definition) is 3. The number of fused-ring (bicyclic) bond motifs is 3. The highest BCUT2D eigenvalue weighted by atomic mass is 79.9. The summed E-state index contributed by atoms with van der Waals surface area (Å²) in [4.78, 5) is 63.0. The lowest BCUT2D eigenvalue weighted by Gasteiger charge is -2.07. The lowest BCUT2D eigenvalue weighted by molar-refractivity contribution is 0.102. The van der Waals surface area contributed by atoms with Gasteiger partial charge < -0.3 is 15.3 Å². The van der Waals surface area contributed by atoms with Crippen LogP contribution in [0.25, 0.3) is 17.3 Å². The molecule has 6 aromatic heterocycles. The van der Waals surface area contributed by atoms with Crippen molar-refractivity contribution in [1.82, 2.24) is 43.1 Å². The number of benzene rings is 3. The molecule has 0 aliphatic carbocycles. The number of halogens is 8. The molecule has 0 fully saturated rings. The van der Waals surface area contributed by atoms with Crippen LogP contribution in [0.15, 0.2) is 95.9 Å². The number of hydrogen-bond acceptors (Lipinski definition) is 13. The van der Waals surface area contributed by atoms with E-state index in [0.29, 0.717) is 65.4 Å². The van der Waals surface area contributed by atoms with Crippen LogP contribution in [0, 0.1) is 28.8 Å². The quantitative estimate of drug-likeness (QED) is 0.114. The molecule has 0 bridgehead atoms. The summed E-state index contributed by atoms with van der Waals surface area (Å²) in [5.41, 5.74) is 3.07. The Kier molecular flexibility index (Phi) is 15.7. The predicted molar refractivity (Wildman–Crippen MR) is 265 cm³/mol. The Balaban J connectivity index is 0.000000155. The number of imidazole rings is 3. The van der Waals surface area contributed by atoms with Gasteiger partial charge in [0.2, 0.25) is 34.7 Å². The molecule has 9 rings (SSSR count). The first-order chi connectivity index (χ1) is 33.3. The molecule has 16 nitrogen and oxygen atoms in total. The fourth-order valence-electron chi connectivity index (χ4n) is 6.98. The van der Waals surface area contributed by atoms with Crippen LogP contribution in [-0.4, -0.2) is 75.8 Å². The molecule has 0 unspecified atom stereocenters. The molecule has 24 heteroatoms. The van der Waals surface area contributed by atoms with Crippen LogP contribution in [0.4, 0.5) is 13.2 Å². The largest absolute Gasteiger partial charge is 0.506 e. The van der Waals surface area contributed by atoms with Crippen molar-refractivity contribution in [3.63, 3.8) is 0 Å². The summed E-state index contributed by atoms with van der Waals surface area (Å²) in [6.45, 7) is 5.54. The molecule has 0 saturated carbocycles. The molecule has 0 aliphatic heterocycles. The van der Waals surface area contributed by atoms with Crippen LogP contribution < -0.4 is 0 Å². The normalized spacial score (nSPS) is 11.0. The predicted octanol–water partition coefficient (Wildman–Crippen LogP) is 10.8. The van der Waals surface area contributed by atoms with Crippen LogP contribution in [0.2, 0.25) is 0 Å². The van der Waals surface area contributed by atoms with Crippen molar-refractivity contribution < 1.29 is 42.9 Å². The Hall–Kier alpha value is -6.39. The third-order valence-electron chi connectivity index (χ3n) is 10.2. The third-order valence-corrected chi connectivity index (χ3v) is 13.3. The number of nitrogens with zero attached hydrogens (tertiary/aromatic N) is 10. The van der Waals surface area contributed by atoms with Crippen molar-refractivity contribution in [3.05, 3.63) is 170 Å². The maximum atomic E-state index is 13.5. The smallest absolute Gasteiger partial charge is 0.234 e. The van der Waals surface area contributed by atoms with Gasteiger partial charge in [-0.1, -0.05) is 20.8 Å². The highest BCUT2D eigenvalue weighted by molar-refractivity contribution is 9.11. The van der Waals surface area contributed by atoms with Gasteiger partial charge in [0.1, 0.15) is 40.4 Å². The second-order valence-electron chi connectivity index (χ2n) is 14.6. The zero-order valence-corrected chi connectivity index (χ0v) is 44.0. The SMILES string of the molecule is CCc1c(C(=O)c2cc(Br)c(O)c(Br)c2)nc2ncc(F)cn12.CCc1nc2ncc(F)cn2c1C(=O)c1cc(Br)c(O)c(Br)c1.CCc1nc2ncc(F)cn2c1C(=O)c1cc(Br)c(O)c(C#N)c1. The van der Waals surface area contributed by atoms with Crippen molar-refractivity contribution in [2.24, 2.45) is 0 Å². The van der Waals surface area contributed by atoms with Crippen molar-refractivity contribution in [2.45, 2.75) is 40.0 Å². The van der Waals surface area contributed by atoms with E-state index in [-0.39, 0.29) is 78.8 Å². The van der Waals surface area contributed by atoms with Crippen molar-refractivity contribution in [1.29, 1.82) is 5.26 Å². The first-order valence-corrected chi connectivity index (χ1v) is 24.3. The van der Waals surface area contributed by atoms with Crippen LogP contribution in [0.1, 0.15) is 91.6 Å². The summed E-state index contributed by atoms with van der Waals surface area (Å²) >= 11 is 15.9. The number of ketones is 3. The van der Waals surface area contributed by atoms with Crippen LogP contribution >= 0.6 is 79.6 Å². The standard InChI is InChI=1S/C16H10BrFN4O2.2C15H10Br2FN3O2/c1-2-12-13(22-7-10(18)6-20-16(22)21-12)15(24)8-3-9(5-19)14(23)11(17)4-8;1-2-11-12(20-15-19-5-8(18)6-21(11)15)13(22)7-3-9(16)14(23)10(17)4-7;1-2-11-12(21-6-8(18)5-19-15(21)20-11)13(22)7-3-9(16)14(23)10(17)4-7/h3-4,6-7,23H,2H2,1H3;2*3-6,23H,2H2,1H3. The Morgan fingerprint density at radius 2 is 0.900 bits per heavy atom. The number of carbonyl (C=O) groups is 3. The zero-order valence-electron chi connectivity index (χ0n) is 36.1. The van der Waals surface area contributed by atoms with Gasteiger partial charge >= 0.3 is 0 Å². The Morgan fingerprint density at radius 1 is 0.543 bits per heavy atom. The maximum Gasteiger partial charge on any atom is 0.234 e. The summed E-state index contributed by atoms with van der Waals surface area (Å²) in [6, 6.07) is 10.6. The highest BCUT2D eigenvalue weighted by Crippen LogP contribution is 2.36. The van der Waals surface area contributed by atoms with Gasteiger partial charge in [-0.3, -0.25) is 27.6 Å². The minimum Gasteiger partial charge on any atom is -0.506 e. The number of phenolic OH excluding ortho intramolecular Hbond substituents is 3. The van der Waals surface area contributed by atoms with Gasteiger partial charge in [0.05, 0.1) is 76.0 Å². The monoisotopic (exact) mass is 1270 g/mol. The Bertz CT molecular complexity index is 3600. The number of carbonyl (C=O) groups excluding carboxylic acids is 3. The van der Waals surface area contributed by atoms with Gasteiger partial charge in [0.15, 0.2) is 17.5 Å². The number of phenols is 3. The molecule has 0 spiro atoms. The second kappa shape index (κ2) is 21.3. The lowest BCUT2D eigenvalue weighted by atomic mass is 10.0. The lowest BCUT2D eigenvalue weighted by Crippen LogP contribution is -2.09. The van der Waals surface area contributed by atoms with Crippen LogP contribution in [0.3, 0.4) is 0 Å². The molecule has 70 heavy (non-hydrogen) atoms. The van der Waals surface area contributed by atoms with Crippen molar-refractivity contribution >= 4 is 114 Å². The van der Waals surface area contributed by atoms with E-state index in [1.165, 1.54) is 62.0 Å². The van der Waals surface area contributed by atoms with E-state index < -0.39 is 23.2 Å². The fraction of sp³-hybridized carbons (Fsp3) is 0.130. The molecule has 0 atom stereocenters. The van der Waals surface area contributed by atoms with E-state index in [9.17, 15) is 42.9 Å². The summed E-state index contributed by atoms with van der Waals surface area (Å²) in [5, 5.41) is 38.4. The van der Waals surface area contributed by atoms with Crippen LogP contribution in [0.5, 0.6) is 17.2 Å². The zero-order chi connectivity index (χ0) is 50.9. The highest BCUT2D eigenvalue weighted by Gasteiger charge is 2.25. The van der Waals surface area contributed by atoms with E-state index in [1.807, 2.05) is 26.8 Å². The van der Waals surface area contributed by atoms with Gasteiger partial charge in [-0.25, -0.2) is 43.1 Å². The minimum absolute atomic E-state index is 0.00289. The Morgan fingerprint density at radius 3 is 1.29 bits per heavy atom. The molecule has 3 N–H and O–H groups in total. The van der Waals surface area contributed by atoms with E-state index in [4.69, 9.17) is 5.26 Å². The molecule has 3 aromatic carbocycles. The third kappa shape index (κ3) is 10.2. The molecular weight excluding hydrogens is 1250 g/mol. The summed E-state index contributed by atoms with van der Waals surface area (Å²) in [6.07, 6.45) is 8.19. The topological polar surface area (TPSA) is 226 Å². The van der Waals surface area contributed by atoms with Gasteiger partial charge in [-0.05, 0) is 135 Å². The Labute approximate surface area is 435 Å². The first kappa shape index (κ1) is 51.5. The van der Waals surface area contributed by atoms with Crippen molar-refractivity contribution in [2.75, 3.05) is 0 Å². The van der Waals surface area contributed by atoms with Gasteiger partial charge in [-0.2, -0.15) is 5.26 Å². The number of aromatic nitrogens is 9. The average molecular weight is 1280 g/mol. The molecule has 0 aliphatic rings. The van der Waals surface area contributed by atoms with E-state index >= 15 is 0 Å². The molecular formula is C46H30Br5F3N10O6. The van der Waals surface area contributed by atoms with E-state index in [2.05, 4.69) is 110 Å². The second-order valence-corrected chi connectivity index (χ2v) is 18.9. The fourth-order valence-corrected chi connectivity index (χ4v) is 9.81. The van der Waals surface area contributed by atoms with Crippen LogP contribution in [-0.2, 0) is 19.3 Å². The van der Waals surface area contributed by atoms with E-state index in [0.717, 1.165) is 24.8 Å². The number of rotatable bonds is 9. The molecule has 6 heterocycles. The van der Waals surface area contributed by atoms with Gasteiger partial charge in [0, 0.05) is 22.9 Å². The minimum atomic E-state index is -0.596. The molecule has 0 amide bonds. The van der Waals surface area contributed by atoms with Gasteiger partial charge in [-0.15, -0.1) is 0 Å². The number of nitriles is 1. The summed E-state index contributed by atoms with van der Waals surface area (Å²) in [5.74, 6) is -2.22. The first-order valence-electron chi connectivity index (χ1n) is 20.3. The molecule has 356 valence electrons. The van der Waals surface area contributed by atoms with Gasteiger partial charge in [0.25, 0.3) is 0 Å². The number of aryl methyl sites for hydroxylation is 3. The number of aromatic hydroxyl groups is 3. The maximum absolute atomic E-state index is 13.5. The molecule has 0 radical (unpaired) electrons. The summed E-state index contributed by atoms with van der Waals surface area (Å²) < 4.78 is 46.3. The summed E-state index contributed by atoms with van der Waals surface area (Å²) in [7, 11) is 0. The van der Waals surface area contributed by atoms with E-state index in [1.54, 1.807) is 0 Å². The molecule has 9 aromatic rings. The average Bonchev–Trinajstić information content (AvgIpc) is 4.02. The van der Waals surface area contributed by atoms with Crippen molar-refractivity contribution in [3.8, 4) is 23.3 Å². The molecule has 0 saturated heterocycles.